The van der Waals surface area contributed by atoms with Crippen molar-refractivity contribution in [3.05, 3.63) is 64.8 Å². The third kappa shape index (κ3) is 3.23. The molecular weight excluding hydrogens is 419 g/mol. The summed E-state index contributed by atoms with van der Waals surface area (Å²) in [5, 5.41) is 9.49. The Balaban J connectivity index is 1.82. The second kappa shape index (κ2) is 7.39. The Morgan fingerprint density at radius 3 is 2.84 bits per heavy atom. The smallest absolute Gasteiger partial charge is 0.166 e. The highest BCUT2D eigenvalue weighted by atomic mass is 35.5. The molecule has 31 heavy (non-hydrogen) atoms. The molecule has 2 bridgehead atoms. The minimum Gasteiger partial charge on any atom is -0.482 e. The minimum absolute atomic E-state index is 0.262. The molecule has 0 radical (unpaired) electrons. The molecule has 0 spiro atoms. The first-order chi connectivity index (χ1) is 15.0. The highest BCUT2D eigenvalue weighted by Gasteiger charge is 2.24. The van der Waals surface area contributed by atoms with E-state index in [-0.39, 0.29) is 11.6 Å². The van der Waals surface area contributed by atoms with Crippen LogP contribution in [-0.4, -0.2) is 24.5 Å². The summed E-state index contributed by atoms with van der Waals surface area (Å²) in [6.45, 7) is 4.98. The Morgan fingerprint density at radius 2 is 2.03 bits per heavy atom. The summed E-state index contributed by atoms with van der Waals surface area (Å²) >= 11 is 6.54. The average molecular weight is 439 g/mol. The summed E-state index contributed by atoms with van der Waals surface area (Å²) < 4.78 is 24.1. The maximum atomic E-state index is 14.2. The molecule has 158 valence electrons. The van der Waals surface area contributed by atoms with Crippen molar-refractivity contribution in [2.75, 3.05) is 5.73 Å². The summed E-state index contributed by atoms with van der Waals surface area (Å²) in [4.78, 5) is 4.33. The van der Waals surface area contributed by atoms with Crippen LogP contribution in [0.4, 0.5) is 10.2 Å². The van der Waals surface area contributed by atoms with E-state index in [9.17, 15) is 4.39 Å². The average Bonchev–Trinajstić information content (AvgIpc) is 3.32. The van der Waals surface area contributed by atoms with Gasteiger partial charge in [-0.15, -0.1) is 0 Å². The van der Waals surface area contributed by atoms with Gasteiger partial charge in [-0.2, -0.15) is 10.2 Å². The standard InChI is InChI=1S/C22H20ClFN6O/c1-3-29-20-13-6-19(22(25)26-8-13)31-12(2)17-7-15(24)4-5-16(17)21-18(23)10-28-30(21)11-14(20)9-27-29/h4-10,12H,3,11H2,1-2H3,(H2,25,26). The van der Waals surface area contributed by atoms with Crippen LogP contribution >= 0.6 is 11.6 Å². The number of nitrogens with zero attached hydrogens (tertiary/aromatic N) is 5. The second-order valence-corrected chi connectivity index (χ2v) is 7.84. The van der Waals surface area contributed by atoms with Crippen molar-refractivity contribution >= 4 is 17.4 Å². The second-order valence-electron chi connectivity index (χ2n) is 7.43. The van der Waals surface area contributed by atoms with Crippen LogP contribution in [0.25, 0.3) is 22.5 Å². The van der Waals surface area contributed by atoms with E-state index >= 15 is 0 Å². The number of anilines is 1. The van der Waals surface area contributed by atoms with Crippen LogP contribution in [0.15, 0.2) is 42.9 Å². The van der Waals surface area contributed by atoms with E-state index in [2.05, 4.69) is 15.2 Å². The van der Waals surface area contributed by atoms with Gasteiger partial charge in [0.25, 0.3) is 0 Å². The van der Waals surface area contributed by atoms with E-state index < -0.39 is 6.10 Å². The van der Waals surface area contributed by atoms with E-state index in [0.717, 1.165) is 22.4 Å². The van der Waals surface area contributed by atoms with Crippen molar-refractivity contribution in [1.29, 1.82) is 0 Å². The van der Waals surface area contributed by atoms with Crippen LogP contribution in [0.5, 0.6) is 5.75 Å². The zero-order valence-electron chi connectivity index (χ0n) is 17.0. The molecule has 1 unspecified atom stereocenters. The zero-order valence-corrected chi connectivity index (χ0v) is 17.8. The number of pyridine rings is 1. The predicted molar refractivity (Wildman–Crippen MR) is 116 cm³/mol. The molecule has 1 aliphatic heterocycles. The fourth-order valence-electron chi connectivity index (χ4n) is 4.04. The highest BCUT2D eigenvalue weighted by molar-refractivity contribution is 6.33. The number of aryl methyl sites for hydroxylation is 1. The fourth-order valence-corrected chi connectivity index (χ4v) is 4.29. The molecule has 0 amide bonds. The largest absolute Gasteiger partial charge is 0.482 e. The van der Waals surface area contributed by atoms with Gasteiger partial charge in [0.05, 0.1) is 35.3 Å². The summed E-state index contributed by atoms with van der Waals surface area (Å²) in [6, 6.07) is 6.41. The molecule has 0 saturated heterocycles. The highest BCUT2D eigenvalue weighted by Crippen LogP contribution is 2.39. The molecule has 9 heteroatoms. The molecule has 0 saturated carbocycles. The maximum absolute atomic E-state index is 14.2. The topological polar surface area (TPSA) is 83.8 Å². The summed E-state index contributed by atoms with van der Waals surface area (Å²) in [6.07, 6.45) is 4.60. The first-order valence-corrected chi connectivity index (χ1v) is 10.3. The van der Waals surface area contributed by atoms with Crippen LogP contribution in [-0.2, 0) is 13.1 Å². The SMILES string of the molecule is CCn1ncc2c1-c1cnc(N)c(c1)OC(C)c1cc(F)ccc1-c1c(Cl)cnn1C2. The number of rotatable bonds is 1. The number of benzene rings is 1. The first kappa shape index (κ1) is 19.6. The molecule has 4 aromatic rings. The van der Waals surface area contributed by atoms with Gasteiger partial charge in [-0.1, -0.05) is 11.6 Å². The van der Waals surface area contributed by atoms with E-state index in [1.807, 2.05) is 30.8 Å². The molecule has 0 fully saturated rings. The van der Waals surface area contributed by atoms with Crippen molar-refractivity contribution in [1.82, 2.24) is 24.5 Å². The number of fused-ring (bicyclic) bond motifs is 7. The lowest BCUT2D eigenvalue weighted by molar-refractivity contribution is 0.227. The van der Waals surface area contributed by atoms with Crippen molar-refractivity contribution in [2.45, 2.75) is 33.0 Å². The van der Waals surface area contributed by atoms with Gasteiger partial charge >= 0.3 is 0 Å². The van der Waals surface area contributed by atoms with Crippen LogP contribution in [0.1, 0.15) is 31.1 Å². The van der Waals surface area contributed by atoms with Crippen molar-refractivity contribution in [3.8, 4) is 28.3 Å². The van der Waals surface area contributed by atoms with Gasteiger partial charge in [0.2, 0.25) is 0 Å². The number of aromatic nitrogens is 5. The van der Waals surface area contributed by atoms with Gasteiger partial charge in [0.15, 0.2) is 11.6 Å². The van der Waals surface area contributed by atoms with Gasteiger partial charge in [-0.05, 0) is 38.1 Å². The molecule has 0 aliphatic carbocycles. The number of ether oxygens (including phenoxy) is 1. The molecule has 2 N–H and O–H groups in total. The molecule has 1 atom stereocenters. The van der Waals surface area contributed by atoms with Gasteiger partial charge in [-0.25, -0.2) is 9.37 Å². The Bertz CT molecular complexity index is 1300. The number of nitrogen functional groups attached to an aromatic ring is 1. The maximum Gasteiger partial charge on any atom is 0.166 e. The first-order valence-electron chi connectivity index (χ1n) is 9.94. The van der Waals surface area contributed by atoms with Gasteiger partial charge in [-0.3, -0.25) is 9.36 Å². The molecule has 1 aliphatic rings. The molecule has 7 nitrogen and oxygen atoms in total. The van der Waals surface area contributed by atoms with E-state index in [1.54, 1.807) is 23.1 Å². The number of nitrogens with two attached hydrogens (primary N) is 1. The number of hydrogen-bond donors (Lipinski definition) is 1. The lowest BCUT2D eigenvalue weighted by atomic mass is 9.99. The summed E-state index contributed by atoms with van der Waals surface area (Å²) in [7, 11) is 0. The van der Waals surface area contributed by atoms with E-state index in [1.165, 1.54) is 12.1 Å². The molecular formula is C22H20ClFN6O. The normalized spacial score (nSPS) is 15.2. The van der Waals surface area contributed by atoms with Crippen molar-refractivity contribution in [3.63, 3.8) is 0 Å². The zero-order chi connectivity index (χ0) is 21.7. The third-order valence-electron chi connectivity index (χ3n) is 5.50. The van der Waals surface area contributed by atoms with Crippen LogP contribution < -0.4 is 10.5 Å². The predicted octanol–water partition coefficient (Wildman–Crippen LogP) is 4.70. The quantitative estimate of drug-likeness (QED) is 0.465. The lowest BCUT2D eigenvalue weighted by Crippen LogP contribution is -2.12. The van der Waals surface area contributed by atoms with E-state index in [4.69, 9.17) is 22.1 Å². The summed E-state index contributed by atoms with van der Waals surface area (Å²) in [5.74, 6) is 0.322. The Hall–Kier alpha value is -3.39. The molecule has 5 rings (SSSR count). The Labute approximate surface area is 183 Å². The third-order valence-corrected chi connectivity index (χ3v) is 5.77. The summed E-state index contributed by atoms with van der Waals surface area (Å²) in [5.41, 5.74) is 10.9. The Morgan fingerprint density at radius 1 is 1.19 bits per heavy atom. The van der Waals surface area contributed by atoms with Crippen molar-refractivity contribution < 1.29 is 9.13 Å². The van der Waals surface area contributed by atoms with Gasteiger partial charge in [0.1, 0.15) is 11.9 Å². The lowest BCUT2D eigenvalue weighted by Gasteiger charge is -2.22. The van der Waals surface area contributed by atoms with Crippen LogP contribution in [0.3, 0.4) is 0 Å². The monoisotopic (exact) mass is 438 g/mol. The van der Waals surface area contributed by atoms with Crippen LogP contribution in [0, 0.1) is 5.82 Å². The fraction of sp³-hybridized carbons (Fsp3) is 0.227. The Kier molecular flexibility index (Phi) is 4.66. The number of hydrogen-bond acceptors (Lipinski definition) is 5. The van der Waals surface area contributed by atoms with Crippen LogP contribution in [0.2, 0.25) is 5.02 Å². The van der Waals surface area contributed by atoms with Crippen molar-refractivity contribution in [2.24, 2.45) is 0 Å². The molecule has 4 heterocycles. The molecule has 3 aromatic heterocycles. The van der Waals surface area contributed by atoms with Gasteiger partial charge in [0, 0.05) is 35.0 Å². The van der Waals surface area contributed by atoms with Gasteiger partial charge < -0.3 is 10.5 Å². The van der Waals surface area contributed by atoms with E-state index in [0.29, 0.717) is 35.1 Å². The number of halogens is 2. The molecule has 1 aromatic carbocycles. The minimum atomic E-state index is -0.514.